The van der Waals surface area contributed by atoms with Gasteiger partial charge in [-0.25, -0.2) is 4.79 Å². The maximum absolute atomic E-state index is 12.5. The van der Waals surface area contributed by atoms with Crippen LogP contribution >= 0.6 is 11.8 Å². The Hall–Kier alpha value is -2.06. The molecule has 0 radical (unpaired) electrons. The van der Waals surface area contributed by atoms with Crippen molar-refractivity contribution in [2.45, 2.75) is 36.4 Å². The molecule has 2 fully saturated rings. The van der Waals surface area contributed by atoms with Crippen molar-refractivity contribution in [2.24, 2.45) is 0 Å². The number of nitrogens with zero attached hydrogens (tertiary/aromatic N) is 1. The molecule has 0 saturated carbocycles. The fourth-order valence-corrected chi connectivity index (χ4v) is 4.62. The molecule has 2 saturated heterocycles. The van der Waals surface area contributed by atoms with Crippen molar-refractivity contribution < 1.29 is 24.2 Å². The number of fused-ring (bicyclic) bond motifs is 1. The highest BCUT2D eigenvalue weighted by Gasteiger charge is 2.61. The second kappa shape index (κ2) is 6.68. The van der Waals surface area contributed by atoms with Crippen molar-refractivity contribution in [2.75, 3.05) is 12.9 Å². The number of esters is 1. The van der Waals surface area contributed by atoms with Gasteiger partial charge in [0.25, 0.3) is 0 Å². The average Bonchev–Trinajstić information content (AvgIpc) is 2.59. The Bertz CT molecular complexity index is 694. The normalized spacial score (nSPS) is 30.9. The van der Waals surface area contributed by atoms with E-state index in [1.165, 1.54) is 30.7 Å². The maximum atomic E-state index is 12.5. The highest BCUT2D eigenvalue weighted by molar-refractivity contribution is 8.00. The summed E-state index contributed by atoms with van der Waals surface area (Å²) in [6.07, 6.45) is 0.181. The number of benzene rings is 1. The van der Waals surface area contributed by atoms with Gasteiger partial charge in [0.15, 0.2) is 6.04 Å². The molecule has 7 nitrogen and oxygen atoms in total. The third kappa shape index (κ3) is 3.23. The van der Waals surface area contributed by atoms with Crippen molar-refractivity contribution in [1.29, 1.82) is 0 Å². The molecule has 1 aromatic rings. The maximum Gasteiger partial charge on any atom is 0.331 e. The molecule has 0 aromatic heterocycles. The summed E-state index contributed by atoms with van der Waals surface area (Å²) in [6.45, 7) is 1.51. The molecule has 3 rings (SSSR count). The lowest BCUT2D eigenvalue weighted by Crippen LogP contribution is -2.79. The van der Waals surface area contributed by atoms with Crippen molar-refractivity contribution >= 4 is 29.5 Å². The van der Waals surface area contributed by atoms with Gasteiger partial charge in [0.2, 0.25) is 11.8 Å². The van der Waals surface area contributed by atoms with Crippen molar-refractivity contribution in [1.82, 2.24) is 10.2 Å². The van der Waals surface area contributed by atoms with Gasteiger partial charge in [-0.1, -0.05) is 30.3 Å². The lowest BCUT2D eigenvalue weighted by molar-refractivity contribution is -0.176. The van der Waals surface area contributed by atoms with Gasteiger partial charge in [0.1, 0.15) is 17.0 Å². The van der Waals surface area contributed by atoms with E-state index in [1.807, 2.05) is 30.3 Å². The Labute approximate surface area is 149 Å². The molecule has 2 N–H and O–H groups in total. The van der Waals surface area contributed by atoms with Gasteiger partial charge in [0.05, 0.1) is 13.5 Å². The quantitative estimate of drug-likeness (QED) is 0.573. The summed E-state index contributed by atoms with van der Waals surface area (Å²) in [4.78, 5) is 38.0. The zero-order chi connectivity index (χ0) is 18.2. The van der Waals surface area contributed by atoms with E-state index < -0.39 is 23.7 Å². The number of amides is 2. The van der Waals surface area contributed by atoms with Crippen LogP contribution < -0.4 is 5.32 Å². The Morgan fingerprint density at radius 3 is 2.72 bits per heavy atom. The van der Waals surface area contributed by atoms with E-state index in [0.717, 1.165) is 5.56 Å². The number of β-lactam (4-membered cyclic amide) rings is 1. The van der Waals surface area contributed by atoms with Crippen LogP contribution in [0, 0.1) is 0 Å². The standard InChI is InChI=1S/C17H20N2O5S/c1-17(23)9-25-15-12(14(21)19(15)13(17)16(22)24-2)18-11(20)8-10-6-4-3-5-7-10/h3-7,12-13,15,23H,8-9H2,1-2H3,(H,18,20)/t12?,13?,15-,17?/m1/s1. The van der Waals surface area contributed by atoms with E-state index in [-0.39, 0.29) is 29.4 Å². The van der Waals surface area contributed by atoms with Crippen LogP contribution in [0.2, 0.25) is 0 Å². The van der Waals surface area contributed by atoms with Crippen LogP contribution in [0.4, 0.5) is 0 Å². The van der Waals surface area contributed by atoms with Crippen LogP contribution in [0.15, 0.2) is 30.3 Å². The number of ether oxygens (including phenoxy) is 1. The van der Waals surface area contributed by atoms with Crippen LogP contribution in [0.5, 0.6) is 0 Å². The topological polar surface area (TPSA) is 95.9 Å². The molecule has 2 heterocycles. The first-order chi connectivity index (χ1) is 11.8. The molecule has 2 amide bonds. The monoisotopic (exact) mass is 364 g/mol. The first-order valence-corrected chi connectivity index (χ1v) is 8.97. The van der Waals surface area contributed by atoms with E-state index in [2.05, 4.69) is 5.32 Å². The number of thioether (sulfide) groups is 1. The van der Waals surface area contributed by atoms with Gasteiger partial charge in [-0.15, -0.1) is 11.8 Å². The van der Waals surface area contributed by atoms with Gasteiger partial charge in [-0.3, -0.25) is 9.59 Å². The highest BCUT2D eigenvalue weighted by atomic mass is 32.2. The number of hydrogen-bond acceptors (Lipinski definition) is 6. The third-order valence-electron chi connectivity index (χ3n) is 4.44. The van der Waals surface area contributed by atoms with Gasteiger partial charge < -0.3 is 20.1 Å². The average molecular weight is 364 g/mol. The summed E-state index contributed by atoms with van der Waals surface area (Å²) in [5, 5.41) is 12.8. The van der Waals surface area contributed by atoms with E-state index in [1.54, 1.807) is 0 Å². The SMILES string of the molecule is COC(=O)C1N2C(=O)C(NC(=O)Cc3ccccc3)[C@H]2SCC1(C)O. The lowest BCUT2D eigenvalue weighted by atomic mass is 9.91. The van der Waals surface area contributed by atoms with Crippen LogP contribution in [0.25, 0.3) is 0 Å². The van der Waals surface area contributed by atoms with Gasteiger partial charge in [0, 0.05) is 5.75 Å². The zero-order valence-corrected chi connectivity index (χ0v) is 14.8. The van der Waals surface area contributed by atoms with Crippen molar-refractivity contribution in [3.8, 4) is 0 Å². The number of rotatable bonds is 4. The smallest absolute Gasteiger partial charge is 0.331 e. The molecule has 134 valence electrons. The fraction of sp³-hybridized carbons (Fsp3) is 0.471. The number of aliphatic hydroxyl groups is 1. The minimum Gasteiger partial charge on any atom is -0.467 e. The third-order valence-corrected chi connectivity index (χ3v) is 6.03. The van der Waals surface area contributed by atoms with Crippen LogP contribution in [0.1, 0.15) is 12.5 Å². The highest BCUT2D eigenvalue weighted by Crippen LogP contribution is 2.42. The number of nitrogens with one attached hydrogen (secondary N) is 1. The second-order valence-corrected chi connectivity index (χ2v) is 7.54. The summed E-state index contributed by atoms with van der Waals surface area (Å²) >= 11 is 1.34. The Morgan fingerprint density at radius 2 is 2.08 bits per heavy atom. The summed E-state index contributed by atoms with van der Waals surface area (Å²) in [6, 6.07) is 7.50. The van der Waals surface area contributed by atoms with E-state index in [0.29, 0.717) is 0 Å². The molecular formula is C17H20N2O5S. The van der Waals surface area contributed by atoms with Crippen molar-refractivity contribution in [3.05, 3.63) is 35.9 Å². The summed E-state index contributed by atoms with van der Waals surface area (Å²) in [7, 11) is 1.22. The summed E-state index contributed by atoms with van der Waals surface area (Å²) in [5.41, 5.74) is -0.515. The molecule has 4 atom stereocenters. The molecule has 2 aliphatic rings. The lowest BCUT2D eigenvalue weighted by Gasteiger charge is -2.56. The van der Waals surface area contributed by atoms with E-state index in [9.17, 15) is 19.5 Å². The van der Waals surface area contributed by atoms with Crippen LogP contribution in [-0.2, 0) is 25.5 Å². The van der Waals surface area contributed by atoms with Crippen LogP contribution in [-0.4, -0.2) is 63.7 Å². The van der Waals surface area contributed by atoms with Crippen LogP contribution in [0.3, 0.4) is 0 Å². The molecular weight excluding hydrogens is 344 g/mol. The number of carbonyl (C=O) groups is 3. The van der Waals surface area contributed by atoms with Gasteiger partial charge in [-0.05, 0) is 12.5 Å². The Morgan fingerprint density at radius 1 is 1.40 bits per heavy atom. The van der Waals surface area contributed by atoms with Crippen molar-refractivity contribution in [3.63, 3.8) is 0 Å². The minimum atomic E-state index is -1.37. The second-order valence-electron chi connectivity index (χ2n) is 6.44. The molecule has 3 unspecified atom stereocenters. The number of carbonyl (C=O) groups excluding carboxylic acids is 3. The first kappa shape index (κ1) is 17.8. The molecule has 0 spiro atoms. The Kier molecular flexibility index (Phi) is 4.75. The molecule has 25 heavy (non-hydrogen) atoms. The predicted molar refractivity (Wildman–Crippen MR) is 91.6 cm³/mol. The Balaban J connectivity index is 1.68. The zero-order valence-electron chi connectivity index (χ0n) is 14.0. The number of hydrogen-bond donors (Lipinski definition) is 2. The largest absolute Gasteiger partial charge is 0.467 e. The minimum absolute atomic E-state index is 0.181. The number of methoxy groups -OCH3 is 1. The van der Waals surface area contributed by atoms with E-state index in [4.69, 9.17) is 4.74 Å². The molecule has 8 heteroatoms. The first-order valence-electron chi connectivity index (χ1n) is 7.92. The summed E-state index contributed by atoms with van der Waals surface area (Å²) in [5.74, 6) is -1.02. The fourth-order valence-electron chi connectivity index (χ4n) is 3.19. The molecule has 1 aromatic carbocycles. The molecule has 0 aliphatic carbocycles. The van der Waals surface area contributed by atoms with Gasteiger partial charge >= 0.3 is 5.97 Å². The summed E-state index contributed by atoms with van der Waals surface area (Å²) < 4.78 is 4.73. The van der Waals surface area contributed by atoms with Gasteiger partial charge in [-0.2, -0.15) is 0 Å². The van der Waals surface area contributed by atoms with E-state index >= 15 is 0 Å². The predicted octanol–water partition coefficient (Wildman–Crippen LogP) is -0.0784. The molecule has 0 bridgehead atoms. The molecule has 2 aliphatic heterocycles.